The number of anilines is 2. The smallest absolute Gasteiger partial charge is 0.453 e. The van der Waals surface area contributed by atoms with Gasteiger partial charge in [0, 0.05) is 0 Å². The third-order valence-corrected chi connectivity index (χ3v) is 8.41. The molecule has 1 aliphatic heterocycles. The summed E-state index contributed by atoms with van der Waals surface area (Å²) in [4.78, 5) is 2.23. The van der Waals surface area contributed by atoms with E-state index in [0.717, 1.165) is 23.5 Å². The SMILES string of the molecule is CCCN=S(=O)(NC1=CCC[C@H](N2c3ccccc3Oc3ccccc32)[C@H]1O)c1ccc(OC(F)(F)F)cc1. The number of aliphatic hydroxyl groups is 1. The predicted molar refractivity (Wildman–Crippen MR) is 142 cm³/mol. The molecule has 5 rings (SSSR count). The molecule has 0 spiro atoms. The first-order valence-electron chi connectivity index (χ1n) is 12.6. The zero-order chi connectivity index (χ0) is 27.6. The molecule has 0 radical (unpaired) electrons. The number of fused-ring (bicyclic) bond motifs is 2. The van der Waals surface area contributed by atoms with Gasteiger partial charge in [-0.25, -0.2) is 8.57 Å². The van der Waals surface area contributed by atoms with Crippen LogP contribution in [0.4, 0.5) is 24.5 Å². The molecule has 1 heterocycles. The maximum Gasteiger partial charge on any atom is 0.573 e. The van der Waals surface area contributed by atoms with Gasteiger partial charge in [-0.1, -0.05) is 37.3 Å². The summed E-state index contributed by atoms with van der Waals surface area (Å²) in [5.74, 6) is 0.899. The first kappa shape index (κ1) is 26.9. The molecule has 0 aromatic heterocycles. The van der Waals surface area contributed by atoms with Gasteiger partial charge in [0.05, 0.1) is 34.6 Å². The molecular formula is C28H28F3N3O4S. The number of benzene rings is 3. The van der Waals surface area contributed by atoms with Crippen LogP contribution in [-0.4, -0.2) is 34.4 Å². The Morgan fingerprint density at radius 1 is 1.05 bits per heavy atom. The Morgan fingerprint density at radius 3 is 2.26 bits per heavy atom. The molecule has 3 aromatic carbocycles. The van der Waals surface area contributed by atoms with E-state index < -0.39 is 34.2 Å². The molecule has 2 N–H and O–H groups in total. The van der Waals surface area contributed by atoms with Gasteiger partial charge in [-0.15, -0.1) is 13.2 Å². The van der Waals surface area contributed by atoms with Crippen LogP contribution >= 0.6 is 0 Å². The predicted octanol–water partition coefficient (Wildman–Crippen LogP) is 6.68. The number of nitrogens with one attached hydrogen (secondary N) is 1. The molecule has 39 heavy (non-hydrogen) atoms. The van der Waals surface area contributed by atoms with E-state index in [1.165, 1.54) is 12.1 Å². The Balaban J connectivity index is 1.46. The van der Waals surface area contributed by atoms with Crippen molar-refractivity contribution in [2.45, 2.75) is 49.6 Å². The van der Waals surface area contributed by atoms with Gasteiger partial charge in [-0.3, -0.25) is 4.72 Å². The number of hydrogen-bond acceptors (Lipinski definition) is 6. The van der Waals surface area contributed by atoms with Crippen LogP contribution in [0.15, 0.2) is 93.8 Å². The van der Waals surface area contributed by atoms with Crippen molar-refractivity contribution < 1.29 is 32.0 Å². The second kappa shape index (κ2) is 10.8. The number of aliphatic hydroxyl groups excluding tert-OH is 1. The highest BCUT2D eigenvalue weighted by molar-refractivity contribution is 7.91. The van der Waals surface area contributed by atoms with Crippen LogP contribution in [0.2, 0.25) is 0 Å². The van der Waals surface area contributed by atoms with E-state index in [9.17, 15) is 22.5 Å². The van der Waals surface area contributed by atoms with E-state index in [2.05, 4.69) is 13.8 Å². The molecule has 0 amide bonds. The van der Waals surface area contributed by atoms with Gasteiger partial charge < -0.3 is 19.5 Å². The van der Waals surface area contributed by atoms with E-state index in [1.807, 2.05) is 60.4 Å². The van der Waals surface area contributed by atoms with E-state index in [0.29, 0.717) is 36.5 Å². The summed E-state index contributed by atoms with van der Waals surface area (Å²) in [7, 11) is -3.33. The topological polar surface area (TPSA) is 83.4 Å². The summed E-state index contributed by atoms with van der Waals surface area (Å²) in [6, 6.07) is 19.5. The molecular weight excluding hydrogens is 531 g/mol. The molecule has 11 heteroatoms. The molecule has 2 aliphatic rings. The average Bonchev–Trinajstić information content (AvgIpc) is 2.91. The van der Waals surface area contributed by atoms with Crippen LogP contribution in [0.25, 0.3) is 0 Å². The van der Waals surface area contributed by atoms with Gasteiger partial charge in [-0.2, -0.15) is 0 Å². The Kier molecular flexibility index (Phi) is 7.46. The first-order chi connectivity index (χ1) is 18.7. The number of para-hydroxylation sites is 4. The summed E-state index contributed by atoms with van der Waals surface area (Å²) in [6.45, 7) is 2.13. The van der Waals surface area contributed by atoms with Crippen LogP contribution in [-0.2, 0) is 9.92 Å². The number of rotatable bonds is 7. The molecule has 1 aliphatic carbocycles. The zero-order valence-electron chi connectivity index (χ0n) is 21.1. The lowest BCUT2D eigenvalue weighted by Crippen LogP contribution is -2.47. The second-order valence-corrected chi connectivity index (χ2v) is 11.1. The van der Waals surface area contributed by atoms with Gasteiger partial charge >= 0.3 is 6.36 Å². The summed E-state index contributed by atoms with van der Waals surface area (Å²) in [6.07, 6.45) is -2.29. The lowest BCUT2D eigenvalue weighted by atomic mass is 9.93. The van der Waals surface area contributed by atoms with Crippen LogP contribution in [0.5, 0.6) is 17.2 Å². The van der Waals surface area contributed by atoms with Crippen molar-refractivity contribution in [2.24, 2.45) is 4.36 Å². The van der Waals surface area contributed by atoms with E-state index in [1.54, 1.807) is 6.08 Å². The largest absolute Gasteiger partial charge is 0.573 e. The van der Waals surface area contributed by atoms with Crippen molar-refractivity contribution in [3.63, 3.8) is 0 Å². The highest BCUT2D eigenvalue weighted by atomic mass is 32.2. The van der Waals surface area contributed by atoms with Crippen LogP contribution in [0.1, 0.15) is 26.2 Å². The van der Waals surface area contributed by atoms with Crippen molar-refractivity contribution >= 4 is 21.3 Å². The van der Waals surface area contributed by atoms with Crippen molar-refractivity contribution in [3.8, 4) is 17.2 Å². The van der Waals surface area contributed by atoms with E-state index in [4.69, 9.17) is 4.74 Å². The number of halogens is 3. The van der Waals surface area contributed by atoms with Crippen molar-refractivity contribution in [3.05, 3.63) is 84.6 Å². The van der Waals surface area contributed by atoms with Gasteiger partial charge in [0.1, 0.15) is 11.9 Å². The molecule has 0 bridgehead atoms. The van der Waals surface area contributed by atoms with Gasteiger partial charge in [0.2, 0.25) is 0 Å². The van der Waals surface area contributed by atoms with Crippen molar-refractivity contribution in [1.29, 1.82) is 0 Å². The summed E-state index contributed by atoms with van der Waals surface area (Å²) < 4.78 is 69.3. The maximum absolute atomic E-state index is 14.1. The Bertz CT molecular complexity index is 1440. The molecule has 0 saturated heterocycles. The van der Waals surface area contributed by atoms with Gasteiger partial charge in [0.25, 0.3) is 0 Å². The highest BCUT2D eigenvalue weighted by Crippen LogP contribution is 2.49. The number of nitrogens with zero attached hydrogens (tertiary/aromatic N) is 2. The molecule has 206 valence electrons. The fourth-order valence-electron chi connectivity index (χ4n) is 4.73. The van der Waals surface area contributed by atoms with Crippen LogP contribution < -0.4 is 19.1 Å². The molecule has 1 unspecified atom stereocenters. The minimum Gasteiger partial charge on any atom is -0.453 e. The Labute approximate surface area is 225 Å². The Morgan fingerprint density at radius 2 is 1.67 bits per heavy atom. The first-order valence-corrected chi connectivity index (χ1v) is 14.1. The standard InChI is InChI=1S/C28H28F3N3O4S/c1-2-18-32-39(36,20-16-14-19(15-17-20)38-28(29,30)31)33-21-8-7-11-24(27(21)35)34-22-9-3-5-12-25(22)37-26-13-6-4-10-23(26)34/h3-6,8-10,12-17,24,27,35H,2,7,11,18H2,1H3,(H,32,33,36)/t24-,27-,39?/m0/s1. The molecule has 3 atom stereocenters. The summed E-state index contributed by atoms with van der Waals surface area (Å²) >= 11 is 0. The van der Waals surface area contributed by atoms with Gasteiger partial charge in [0.15, 0.2) is 21.4 Å². The van der Waals surface area contributed by atoms with E-state index >= 15 is 0 Å². The molecule has 0 fully saturated rings. The number of ether oxygens (including phenoxy) is 2. The third kappa shape index (κ3) is 5.69. The van der Waals surface area contributed by atoms with Crippen molar-refractivity contribution in [1.82, 2.24) is 4.72 Å². The maximum atomic E-state index is 14.1. The highest BCUT2D eigenvalue weighted by Gasteiger charge is 2.38. The zero-order valence-corrected chi connectivity index (χ0v) is 21.9. The van der Waals surface area contributed by atoms with Crippen LogP contribution in [0.3, 0.4) is 0 Å². The third-order valence-electron chi connectivity index (χ3n) is 6.44. The number of alkyl halides is 3. The fraction of sp³-hybridized carbons (Fsp3) is 0.286. The second-order valence-electron chi connectivity index (χ2n) is 9.16. The normalized spacial score (nSPS) is 20.0. The Hall–Kier alpha value is -3.70. The average molecular weight is 560 g/mol. The number of hydrogen-bond donors (Lipinski definition) is 2. The van der Waals surface area contributed by atoms with Crippen LogP contribution in [0, 0.1) is 0 Å². The molecule has 0 saturated carbocycles. The minimum atomic E-state index is -4.84. The number of allylic oxidation sites excluding steroid dienone is 1. The summed E-state index contributed by atoms with van der Waals surface area (Å²) in [5, 5.41) is 11.6. The summed E-state index contributed by atoms with van der Waals surface area (Å²) in [5.41, 5.74) is 1.95. The van der Waals surface area contributed by atoms with Gasteiger partial charge in [-0.05, 0) is 67.8 Å². The van der Waals surface area contributed by atoms with Crippen molar-refractivity contribution in [2.75, 3.05) is 11.4 Å². The minimum absolute atomic E-state index is 0.183. The quantitative estimate of drug-likeness (QED) is 0.338. The van der Waals surface area contributed by atoms with E-state index in [-0.39, 0.29) is 11.4 Å². The lowest BCUT2D eigenvalue weighted by molar-refractivity contribution is -0.274. The molecule has 3 aromatic rings. The molecule has 7 nitrogen and oxygen atoms in total. The fourth-order valence-corrected chi connectivity index (χ4v) is 6.53. The monoisotopic (exact) mass is 559 g/mol. The lowest BCUT2D eigenvalue weighted by Gasteiger charge is -2.42.